The number of piperazine rings is 1. The minimum atomic E-state index is -0.979. The summed E-state index contributed by atoms with van der Waals surface area (Å²) >= 11 is 0. The molecule has 0 aromatic heterocycles. The molecule has 2 amide bonds. The number of nitrogens with zero attached hydrogens (tertiary/aromatic N) is 3. The SMILES string of the molecule is C=C1C(=O)N(c2cccc(F)c2)C(C(=O)NC2CCCCCC2)CN1/N=C(\C)C(=O)OC. The number of anilines is 1. The summed E-state index contributed by atoms with van der Waals surface area (Å²) in [7, 11) is 1.23. The molecule has 1 aliphatic heterocycles. The molecule has 3 rings (SSSR count). The van der Waals surface area contributed by atoms with Gasteiger partial charge in [-0.1, -0.05) is 38.3 Å². The second-order valence-corrected chi connectivity index (χ2v) is 8.07. The molecule has 0 bridgehead atoms. The minimum Gasteiger partial charge on any atom is -0.464 e. The molecule has 1 N–H and O–H groups in total. The molecule has 8 nitrogen and oxygen atoms in total. The molecule has 0 radical (unpaired) electrons. The molecule has 1 saturated carbocycles. The van der Waals surface area contributed by atoms with Gasteiger partial charge in [-0.3, -0.25) is 19.5 Å². The first-order valence-corrected chi connectivity index (χ1v) is 10.8. The van der Waals surface area contributed by atoms with Crippen LogP contribution in [-0.2, 0) is 19.1 Å². The van der Waals surface area contributed by atoms with E-state index in [4.69, 9.17) is 0 Å². The van der Waals surface area contributed by atoms with Gasteiger partial charge in [-0.05, 0) is 38.0 Å². The maximum absolute atomic E-state index is 13.9. The number of hydrogen-bond acceptors (Lipinski definition) is 6. The van der Waals surface area contributed by atoms with Crippen molar-refractivity contribution in [1.82, 2.24) is 10.3 Å². The standard InChI is InChI=1S/C23H29FN4O4/c1-15(23(31)32-3)26-27-14-20(21(29)25-18-10-6-4-5-7-11-18)28(22(30)16(27)2)19-12-8-9-17(24)13-19/h8-9,12-13,18,20H,2,4-7,10-11,14H2,1,3H3,(H,25,29)/b26-15+. The van der Waals surface area contributed by atoms with E-state index in [-0.39, 0.29) is 35.6 Å². The van der Waals surface area contributed by atoms with Crippen LogP contribution in [0.25, 0.3) is 0 Å². The lowest BCUT2D eigenvalue weighted by Gasteiger charge is -2.40. The quantitative estimate of drug-likeness (QED) is 0.326. The number of esters is 1. The lowest BCUT2D eigenvalue weighted by molar-refractivity contribution is -0.133. The van der Waals surface area contributed by atoms with Crippen LogP contribution in [0.2, 0.25) is 0 Å². The van der Waals surface area contributed by atoms with Crippen molar-refractivity contribution < 1.29 is 23.5 Å². The Hall–Kier alpha value is -3.23. The van der Waals surface area contributed by atoms with E-state index >= 15 is 0 Å². The third-order valence-corrected chi connectivity index (χ3v) is 5.78. The van der Waals surface area contributed by atoms with E-state index in [2.05, 4.69) is 21.7 Å². The number of hydrogen-bond donors (Lipinski definition) is 1. The first-order chi connectivity index (χ1) is 15.3. The number of methoxy groups -OCH3 is 1. The van der Waals surface area contributed by atoms with Gasteiger partial charge in [-0.25, -0.2) is 9.18 Å². The van der Waals surface area contributed by atoms with Gasteiger partial charge in [0.1, 0.15) is 23.3 Å². The molecule has 2 aliphatic rings. The summed E-state index contributed by atoms with van der Waals surface area (Å²) in [4.78, 5) is 39.6. The van der Waals surface area contributed by atoms with Gasteiger partial charge in [0.2, 0.25) is 5.91 Å². The van der Waals surface area contributed by atoms with Crippen LogP contribution >= 0.6 is 0 Å². The molecular weight excluding hydrogens is 415 g/mol. The van der Waals surface area contributed by atoms with Crippen LogP contribution in [0.4, 0.5) is 10.1 Å². The predicted molar refractivity (Wildman–Crippen MR) is 118 cm³/mol. The molecule has 1 heterocycles. The number of carbonyl (C=O) groups is 3. The van der Waals surface area contributed by atoms with Gasteiger partial charge in [0.25, 0.3) is 5.91 Å². The van der Waals surface area contributed by atoms with Gasteiger partial charge < -0.3 is 10.1 Å². The van der Waals surface area contributed by atoms with Crippen molar-refractivity contribution in [3.63, 3.8) is 0 Å². The Morgan fingerprint density at radius 1 is 1.22 bits per heavy atom. The van der Waals surface area contributed by atoms with E-state index in [0.29, 0.717) is 0 Å². The summed E-state index contributed by atoms with van der Waals surface area (Å²) in [5.41, 5.74) is 0.241. The van der Waals surface area contributed by atoms with E-state index in [1.807, 2.05) is 0 Å². The summed E-state index contributed by atoms with van der Waals surface area (Å²) < 4.78 is 18.6. The summed E-state index contributed by atoms with van der Waals surface area (Å²) in [6.45, 7) is 5.20. The molecule has 2 fully saturated rings. The molecule has 1 saturated heterocycles. The highest BCUT2D eigenvalue weighted by Gasteiger charge is 2.41. The van der Waals surface area contributed by atoms with Gasteiger partial charge in [-0.2, -0.15) is 5.10 Å². The molecular formula is C23H29FN4O4. The van der Waals surface area contributed by atoms with Crippen LogP contribution in [0.3, 0.4) is 0 Å². The van der Waals surface area contributed by atoms with Crippen molar-refractivity contribution in [2.24, 2.45) is 5.10 Å². The Balaban J connectivity index is 1.92. The number of carbonyl (C=O) groups excluding carboxylic acids is 3. The van der Waals surface area contributed by atoms with Crippen molar-refractivity contribution >= 4 is 29.2 Å². The van der Waals surface area contributed by atoms with E-state index in [1.165, 1.54) is 42.1 Å². The summed E-state index contributed by atoms with van der Waals surface area (Å²) in [5.74, 6) is -2.12. The Labute approximate surface area is 187 Å². The summed E-state index contributed by atoms with van der Waals surface area (Å²) in [5, 5.41) is 8.45. The summed E-state index contributed by atoms with van der Waals surface area (Å²) in [6, 6.07) is 4.56. The fraction of sp³-hybridized carbons (Fsp3) is 0.478. The number of benzene rings is 1. The van der Waals surface area contributed by atoms with Gasteiger partial charge in [0.15, 0.2) is 0 Å². The van der Waals surface area contributed by atoms with Crippen LogP contribution < -0.4 is 10.2 Å². The van der Waals surface area contributed by atoms with Gasteiger partial charge in [0, 0.05) is 11.7 Å². The highest BCUT2D eigenvalue weighted by molar-refractivity contribution is 6.35. The van der Waals surface area contributed by atoms with Crippen LogP contribution in [0, 0.1) is 5.82 Å². The second kappa shape index (κ2) is 10.4. The van der Waals surface area contributed by atoms with Crippen LogP contribution in [0.1, 0.15) is 45.4 Å². The van der Waals surface area contributed by atoms with Crippen LogP contribution in [0.5, 0.6) is 0 Å². The maximum Gasteiger partial charge on any atom is 0.353 e. The summed E-state index contributed by atoms with van der Waals surface area (Å²) in [6.07, 6.45) is 6.10. The van der Waals surface area contributed by atoms with Gasteiger partial charge in [-0.15, -0.1) is 0 Å². The monoisotopic (exact) mass is 444 g/mol. The number of amides is 2. The molecule has 1 aromatic rings. The molecule has 1 atom stereocenters. The Bertz CT molecular complexity index is 924. The topological polar surface area (TPSA) is 91.3 Å². The third kappa shape index (κ3) is 5.33. The number of ether oxygens (including phenoxy) is 1. The van der Waals surface area contributed by atoms with Gasteiger partial charge >= 0.3 is 5.97 Å². The Morgan fingerprint density at radius 2 is 1.91 bits per heavy atom. The highest BCUT2D eigenvalue weighted by atomic mass is 19.1. The van der Waals surface area contributed by atoms with Crippen LogP contribution in [-0.4, -0.2) is 54.2 Å². The average molecular weight is 445 g/mol. The smallest absolute Gasteiger partial charge is 0.353 e. The van der Waals surface area contributed by atoms with E-state index in [0.717, 1.165) is 38.5 Å². The third-order valence-electron chi connectivity index (χ3n) is 5.78. The van der Waals surface area contributed by atoms with Crippen molar-refractivity contribution in [2.75, 3.05) is 18.6 Å². The molecule has 172 valence electrons. The molecule has 32 heavy (non-hydrogen) atoms. The molecule has 1 aromatic carbocycles. The average Bonchev–Trinajstić information content (AvgIpc) is 3.04. The Kier molecular flexibility index (Phi) is 7.61. The van der Waals surface area contributed by atoms with E-state index in [1.54, 1.807) is 6.07 Å². The zero-order valence-corrected chi connectivity index (χ0v) is 18.5. The first kappa shape index (κ1) is 23.4. The van der Waals surface area contributed by atoms with E-state index < -0.39 is 23.7 Å². The minimum absolute atomic E-state index is 0.0172. The zero-order chi connectivity index (χ0) is 23.3. The van der Waals surface area contributed by atoms with E-state index in [9.17, 15) is 18.8 Å². The fourth-order valence-electron chi connectivity index (χ4n) is 4.06. The predicted octanol–water partition coefficient (Wildman–Crippen LogP) is 2.74. The molecule has 1 aliphatic carbocycles. The number of halogens is 1. The van der Waals surface area contributed by atoms with Crippen molar-refractivity contribution in [1.29, 1.82) is 0 Å². The number of hydrazone groups is 1. The normalized spacial score (nSPS) is 20.7. The first-order valence-electron chi connectivity index (χ1n) is 10.8. The van der Waals surface area contributed by atoms with Crippen molar-refractivity contribution in [3.8, 4) is 0 Å². The molecule has 1 unspecified atom stereocenters. The van der Waals surface area contributed by atoms with Crippen molar-refractivity contribution in [2.45, 2.75) is 57.5 Å². The van der Waals surface area contributed by atoms with Gasteiger partial charge in [0.05, 0.1) is 13.7 Å². The molecule has 9 heteroatoms. The number of rotatable bonds is 5. The second-order valence-electron chi connectivity index (χ2n) is 8.07. The lowest BCUT2D eigenvalue weighted by Crippen LogP contribution is -2.60. The van der Waals surface area contributed by atoms with Crippen molar-refractivity contribution in [3.05, 3.63) is 42.4 Å². The molecule has 0 spiro atoms. The highest BCUT2D eigenvalue weighted by Crippen LogP contribution is 2.27. The van der Waals surface area contributed by atoms with Crippen LogP contribution in [0.15, 0.2) is 41.6 Å². The Morgan fingerprint density at radius 3 is 2.53 bits per heavy atom. The number of nitrogens with one attached hydrogen (secondary N) is 1. The zero-order valence-electron chi connectivity index (χ0n) is 18.5. The maximum atomic E-state index is 13.9. The largest absolute Gasteiger partial charge is 0.464 e. The fourth-order valence-corrected chi connectivity index (χ4v) is 4.06. The lowest BCUT2D eigenvalue weighted by atomic mass is 10.1.